The van der Waals surface area contributed by atoms with Gasteiger partial charge in [0.2, 0.25) is 17.8 Å². The number of nitrogens with zero attached hydrogens (tertiary/aromatic N) is 4. The molecule has 0 aliphatic carbocycles. The zero-order valence-corrected chi connectivity index (χ0v) is 13.5. The Kier molecular flexibility index (Phi) is 7.22. The van der Waals surface area contributed by atoms with Gasteiger partial charge in [-0.3, -0.25) is 4.90 Å². The Labute approximate surface area is 130 Å². The molecule has 0 saturated carbocycles. The average Bonchev–Trinajstić information content (AvgIpc) is 2.50. The number of nitrogens with two attached hydrogens (primary N) is 1. The van der Waals surface area contributed by atoms with Crippen LogP contribution in [0.4, 0.5) is 17.8 Å². The first-order valence-corrected chi connectivity index (χ1v) is 7.42. The van der Waals surface area contributed by atoms with Crippen LogP contribution in [-0.2, 0) is 4.74 Å². The van der Waals surface area contributed by atoms with E-state index in [0.717, 1.165) is 0 Å². The van der Waals surface area contributed by atoms with Gasteiger partial charge in [-0.05, 0) is 19.3 Å². The molecule has 5 N–H and O–H groups in total. The molecule has 1 aromatic heterocycles. The first-order valence-electron chi connectivity index (χ1n) is 7.42. The van der Waals surface area contributed by atoms with Crippen LogP contribution < -0.4 is 16.0 Å². The van der Waals surface area contributed by atoms with Crippen molar-refractivity contribution in [3.05, 3.63) is 0 Å². The standard InChI is InChI=1S/C13H26N6O3/c1-5-8(20)15-12-16-11(14)17-13(18-12)19(9(21)6-2)10(7-3)22-4/h8-10,20-21H,5-7H2,1-4H3,(H3,14,15,16,17,18). The van der Waals surface area contributed by atoms with Gasteiger partial charge in [0.1, 0.15) is 18.7 Å². The fourth-order valence-corrected chi connectivity index (χ4v) is 1.94. The third kappa shape index (κ3) is 4.65. The predicted octanol–water partition coefficient (Wildman–Crippen LogP) is 0.511. The Morgan fingerprint density at radius 3 is 2.32 bits per heavy atom. The Bertz CT molecular complexity index is 457. The highest BCUT2D eigenvalue weighted by molar-refractivity contribution is 5.42. The quantitative estimate of drug-likeness (QED) is 0.482. The third-order valence-corrected chi connectivity index (χ3v) is 3.17. The summed E-state index contributed by atoms with van der Waals surface area (Å²) in [4.78, 5) is 13.8. The molecule has 0 aromatic carbocycles. The van der Waals surface area contributed by atoms with Crippen LogP contribution in [-0.4, -0.2) is 51.0 Å². The minimum absolute atomic E-state index is 0.00457. The van der Waals surface area contributed by atoms with Gasteiger partial charge in [0, 0.05) is 7.11 Å². The van der Waals surface area contributed by atoms with Gasteiger partial charge in [-0.25, -0.2) is 0 Å². The number of rotatable bonds is 9. The molecule has 0 aliphatic rings. The van der Waals surface area contributed by atoms with E-state index in [0.29, 0.717) is 19.3 Å². The van der Waals surface area contributed by atoms with Crippen molar-refractivity contribution in [1.29, 1.82) is 0 Å². The van der Waals surface area contributed by atoms with Crippen molar-refractivity contribution in [3.8, 4) is 0 Å². The smallest absolute Gasteiger partial charge is 0.236 e. The first-order chi connectivity index (χ1) is 10.5. The van der Waals surface area contributed by atoms with Gasteiger partial charge in [0.25, 0.3) is 0 Å². The van der Waals surface area contributed by atoms with E-state index in [-0.39, 0.29) is 17.8 Å². The zero-order chi connectivity index (χ0) is 16.7. The van der Waals surface area contributed by atoms with Crippen LogP contribution in [0.3, 0.4) is 0 Å². The zero-order valence-electron chi connectivity index (χ0n) is 13.5. The minimum atomic E-state index is -0.823. The summed E-state index contributed by atoms with van der Waals surface area (Å²) < 4.78 is 5.38. The molecule has 126 valence electrons. The predicted molar refractivity (Wildman–Crippen MR) is 84.0 cm³/mol. The topological polar surface area (TPSA) is 130 Å². The molecule has 3 atom stereocenters. The van der Waals surface area contributed by atoms with Crippen LogP contribution in [0.1, 0.15) is 40.0 Å². The maximum atomic E-state index is 10.2. The van der Waals surface area contributed by atoms with E-state index < -0.39 is 18.7 Å². The number of hydrogen-bond acceptors (Lipinski definition) is 9. The number of nitrogen functional groups attached to an aromatic ring is 1. The summed E-state index contributed by atoms with van der Waals surface area (Å²) >= 11 is 0. The summed E-state index contributed by atoms with van der Waals surface area (Å²) in [5, 5.41) is 22.6. The van der Waals surface area contributed by atoms with E-state index in [4.69, 9.17) is 10.5 Å². The molecular weight excluding hydrogens is 288 g/mol. The molecule has 9 heteroatoms. The number of ether oxygens (including phenoxy) is 1. The minimum Gasteiger partial charge on any atom is -0.374 e. The largest absolute Gasteiger partial charge is 0.374 e. The summed E-state index contributed by atoms with van der Waals surface area (Å²) in [7, 11) is 1.55. The molecule has 1 aromatic rings. The van der Waals surface area contributed by atoms with Crippen molar-refractivity contribution in [2.24, 2.45) is 0 Å². The maximum absolute atomic E-state index is 10.2. The molecule has 0 radical (unpaired) electrons. The molecule has 3 unspecified atom stereocenters. The van der Waals surface area contributed by atoms with Gasteiger partial charge in [0.15, 0.2) is 0 Å². The number of aliphatic hydroxyl groups is 2. The van der Waals surface area contributed by atoms with Gasteiger partial charge in [-0.2, -0.15) is 15.0 Å². The van der Waals surface area contributed by atoms with E-state index >= 15 is 0 Å². The number of methoxy groups -OCH3 is 1. The number of hydrogen-bond donors (Lipinski definition) is 4. The summed E-state index contributed by atoms with van der Waals surface area (Å²) in [6.07, 6.45) is -0.441. The van der Waals surface area contributed by atoms with E-state index in [1.165, 1.54) is 0 Å². The fourth-order valence-electron chi connectivity index (χ4n) is 1.94. The van der Waals surface area contributed by atoms with Gasteiger partial charge < -0.3 is 26.0 Å². The lowest BCUT2D eigenvalue weighted by atomic mass is 10.3. The van der Waals surface area contributed by atoms with E-state index in [1.54, 1.807) is 12.0 Å². The lowest BCUT2D eigenvalue weighted by molar-refractivity contribution is 0.0433. The molecule has 0 aliphatic heterocycles. The van der Waals surface area contributed by atoms with Crippen LogP contribution in [0.5, 0.6) is 0 Å². The van der Waals surface area contributed by atoms with Crippen LogP contribution in [0, 0.1) is 0 Å². The molecule has 1 heterocycles. The third-order valence-electron chi connectivity index (χ3n) is 3.17. The van der Waals surface area contributed by atoms with Crippen molar-refractivity contribution in [3.63, 3.8) is 0 Å². The highest BCUT2D eigenvalue weighted by Crippen LogP contribution is 2.20. The Hall–Kier alpha value is -1.71. The lowest BCUT2D eigenvalue weighted by Crippen LogP contribution is -2.45. The number of aliphatic hydroxyl groups excluding tert-OH is 2. The maximum Gasteiger partial charge on any atom is 0.236 e. The Morgan fingerprint density at radius 2 is 1.82 bits per heavy atom. The van der Waals surface area contributed by atoms with Crippen LogP contribution in [0.15, 0.2) is 0 Å². The normalized spacial score (nSPS) is 15.2. The second-order valence-electron chi connectivity index (χ2n) is 4.78. The van der Waals surface area contributed by atoms with Gasteiger partial charge >= 0.3 is 0 Å². The number of nitrogens with one attached hydrogen (secondary N) is 1. The van der Waals surface area contributed by atoms with Crippen molar-refractivity contribution >= 4 is 17.8 Å². The highest BCUT2D eigenvalue weighted by atomic mass is 16.5. The van der Waals surface area contributed by atoms with Gasteiger partial charge in [0.05, 0.1) is 0 Å². The number of aromatic nitrogens is 3. The van der Waals surface area contributed by atoms with E-state index in [2.05, 4.69) is 20.3 Å². The fraction of sp³-hybridized carbons (Fsp3) is 0.769. The molecule has 0 amide bonds. The first kappa shape index (κ1) is 18.3. The highest BCUT2D eigenvalue weighted by Gasteiger charge is 2.26. The van der Waals surface area contributed by atoms with Gasteiger partial charge in [-0.15, -0.1) is 0 Å². The molecular formula is C13H26N6O3. The molecule has 0 spiro atoms. The molecule has 22 heavy (non-hydrogen) atoms. The average molecular weight is 314 g/mol. The van der Waals surface area contributed by atoms with Crippen molar-refractivity contribution < 1.29 is 14.9 Å². The summed E-state index contributed by atoms with van der Waals surface area (Å²) in [6, 6.07) is 0. The van der Waals surface area contributed by atoms with Crippen LogP contribution in [0.25, 0.3) is 0 Å². The second kappa shape index (κ2) is 8.66. The van der Waals surface area contributed by atoms with Crippen molar-refractivity contribution in [1.82, 2.24) is 15.0 Å². The lowest BCUT2D eigenvalue weighted by Gasteiger charge is -2.33. The Balaban J connectivity index is 3.18. The van der Waals surface area contributed by atoms with E-state index in [9.17, 15) is 10.2 Å². The summed E-state index contributed by atoms with van der Waals surface area (Å²) in [5.41, 5.74) is 5.71. The van der Waals surface area contributed by atoms with Crippen LogP contribution in [0.2, 0.25) is 0 Å². The molecule has 1 rings (SSSR count). The molecule has 9 nitrogen and oxygen atoms in total. The second-order valence-corrected chi connectivity index (χ2v) is 4.78. The molecule has 0 fully saturated rings. The monoisotopic (exact) mass is 314 g/mol. The summed E-state index contributed by atoms with van der Waals surface area (Å²) in [6.45, 7) is 5.58. The van der Waals surface area contributed by atoms with E-state index in [1.807, 2.05) is 20.8 Å². The van der Waals surface area contributed by atoms with Crippen molar-refractivity contribution in [2.75, 3.05) is 23.1 Å². The van der Waals surface area contributed by atoms with Crippen molar-refractivity contribution in [2.45, 2.75) is 58.7 Å². The number of anilines is 3. The molecule has 0 saturated heterocycles. The van der Waals surface area contributed by atoms with Gasteiger partial charge in [-0.1, -0.05) is 20.8 Å². The molecule has 0 bridgehead atoms. The van der Waals surface area contributed by atoms with Crippen LogP contribution >= 0.6 is 0 Å². The SMILES string of the molecule is CCC(O)Nc1nc(N)nc(N(C(O)CC)C(CC)OC)n1. The summed E-state index contributed by atoms with van der Waals surface area (Å²) in [5.74, 6) is 0.340. The Morgan fingerprint density at radius 1 is 1.14 bits per heavy atom.